The number of hydrogen-bond donors (Lipinski definition) is 0. The van der Waals surface area contributed by atoms with Gasteiger partial charge in [-0.15, -0.1) is 0 Å². The number of rotatable bonds is 6. The van der Waals surface area contributed by atoms with Crippen LogP contribution in [-0.4, -0.2) is 17.2 Å². The topological polar surface area (TPSA) is 9.86 Å². The summed E-state index contributed by atoms with van der Waals surface area (Å²) in [6.45, 7) is 7.92. The maximum atomic E-state index is 2.52. The maximum absolute atomic E-state index is 2.67. The molecule has 9 aromatic rings. The summed E-state index contributed by atoms with van der Waals surface area (Å²) in [6, 6.07) is 65.8. The Balaban J connectivity index is 1.32. The lowest BCUT2D eigenvalue weighted by atomic mass is 9.97. The van der Waals surface area contributed by atoms with Crippen LogP contribution in [0.4, 0.5) is 0 Å². The third-order valence-electron chi connectivity index (χ3n) is 10.4. The molecular weight excluding hydrogens is 621 g/mol. The lowest BCUT2D eigenvalue weighted by molar-refractivity contribution is 0.354. The predicted octanol–water partition coefficient (Wildman–Crippen LogP) is 9.32. The smallest absolute Gasteiger partial charge is 0.179 e. The molecule has 2 heterocycles. The number of nitrogens with zero attached hydrogens (tertiary/aromatic N) is 2. The van der Waals surface area contributed by atoms with E-state index in [9.17, 15) is 0 Å². The van der Waals surface area contributed by atoms with E-state index in [-0.39, 0.29) is 5.41 Å². The van der Waals surface area contributed by atoms with Gasteiger partial charge in [-0.05, 0) is 62.6 Å². The van der Waals surface area contributed by atoms with Crippen molar-refractivity contribution in [2.45, 2.75) is 27.3 Å². The number of para-hydroxylation sites is 2. The molecule has 3 heteroatoms. The summed E-state index contributed by atoms with van der Waals surface area (Å²) in [4.78, 5) is 0. The Morgan fingerprint density at radius 2 is 0.840 bits per heavy atom. The predicted molar refractivity (Wildman–Crippen MR) is 217 cm³/mol. The van der Waals surface area contributed by atoms with Crippen LogP contribution in [0.15, 0.2) is 176 Å². The zero-order valence-corrected chi connectivity index (χ0v) is 29.8. The molecule has 0 aliphatic heterocycles. The average Bonchev–Trinajstić information content (AvgIpc) is 3.64. The van der Waals surface area contributed by atoms with Gasteiger partial charge in [0.1, 0.15) is 0 Å². The Labute approximate surface area is 294 Å². The Kier molecular flexibility index (Phi) is 7.15. The van der Waals surface area contributed by atoms with Crippen molar-refractivity contribution >= 4 is 72.4 Å². The van der Waals surface area contributed by atoms with Gasteiger partial charge in [0.25, 0.3) is 0 Å². The van der Waals surface area contributed by atoms with Crippen molar-refractivity contribution in [2.24, 2.45) is 5.41 Å². The van der Waals surface area contributed by atoms with Gasteiger partial charge >= 0.3 is 0 Å². The van der Waals surface area contributed by atoms with E-state index in [1.165, 1.54) is 70.0 Å². The van der Waals surface area contributed by atoms with Crippen molar-refractivity contribution in [3.63, 3.8) is 0 Å². The fourth-order valence-corrected chi connectivity index (χ4v) is 13.1. The summed E-state index contributed by atoms with van der Waals surface area (Å²) in [5.74, 6) is 0. The highest BCUT2D eigenvalue weighted by atomic mass is 28.3. The summed E-state index contributed by atoms with van der Waals surface area (Å²) in [5.41, 5.74) is 6.39. The van der Waals surface area contributed by atoms with Crippen molar-refractivity contribution < 1.29 is 0 Å². The maximum Gasteiger partial charge on any atom is 0.179 e. The summed E-state index contributed by atoms with van der Waals surface area (Å²) >= 11 is 0. The minimum atomic E-state index is -2.67. The summed E-state index contributed by atoms with van der Waals surface area (Å²) in [5, 5.41) is 10.7. The molecule has 2 nitrogen and oxygen atoms in total. The SMILES string of the molecule is CC(C)(C)Cn1c2ccccc2c2cc(-n3c4ccccc4c4cc([Si](c5ccccc5)(c5ccccc5)c5ccccc5)ccc43)ccc21. The van der Waals surface area contributed by atoms with Gasteiger partial charge in [0.2, 0.25) is 0 Å². The first-order valence-corrected chi connectivity index (χ1v) is 19.7. The molecule has 9 rings (SSSR count). The number of aromatic nitrogens is 2. The Hall–Kier alpha value is -5.64. The van der Waals surface area contributed by atoms with E-state index < -0.39 is 8.07 Å². The monoisotopic (exact) mass is 660 g/mol. The van der Waals surface area contributed by atoms with E-state index in [2.05, 4.69) is 206 Å². The Bertz CT molecular complexity index is 2550. The highest BCUT2D eigenvalue weighted by Gasteiger charge is 2.41. The van der Waals surface area contributed by atoms with Crippen LogP contribution in [0, 0.1) is 5.41 Å². The van der Waals surface area contributed by atoms with Crippen LogP contribution in [0.1, 0.15) is 20.8 Å². The molecule has 0 spiro atoms. The Morgan fingerprint density at radius 3 is 1.42 bits per heavy atom. The Morgan fingerprint density at radius 1 is 0.400 bits per heavy atom. The molecule has 0 radical (unpaired) electrons. The summed E-state index contributed by atoms with van der Waals surface area (Å²) in [7, 11) is -2.67. The quantitative estimate of drug-likeness (QED) is 0.124. The number of benzene rings is 7. The highest BCUT2D eigenvalue weighted by Crippen LogP contribution is 2.36. The molecule has 2 aromatic heterocycles. The zero-order chi connectivity index (χ0) is 33.9. The molecule has 242 valence electrons. The van der Waals surface area contributed by atoms with Crippen molar-refractivity contribution in [3.05, 3.63) is 176 Å². The van der Waals surface area contributed by atoms with Crippen molar-refractivity contribution in [1.29, 1.82) is 0 Å². The zero-order valence-electron chi connectivity index (χ0n) is 28.8. The average molecular weight is 661 g/mol. The fraction of sp³-hybridized carbons (Fsp3) is 0.106. The van der Waals surface area contributed by atoms with Crippen LogP contribution in [0.2, 0.25) is 0 Å². The molecule has 0 fully saturated rings. The van der Waals surface area contributed by atoms with Crippen LogP contribution in [0.3, 0.4) is 0 Å². The molecule has 0 atom stereocenters. The molecule has 0 aliphatic carbocycles. The van der Waals surface area contributed by atoms with E-state index in [1.54, 1.807) is 0 Å². The number of fused-ring (bicyclic) bond motifs is 6. The van der Waals surface area contributed by atoms with Crippen LogP contribution < -0.4 is 20.7 Å². The van der Waals surface area contributed by atoms with Gasteiger partial charge in [-0.3, -0.25) is 0 Å². The van der Waals surface area contributed by atoms with E-state index in [0.29, 0.717) is 0 Å². The summed E-state index contributed by atoms with van der Waals surface area (Å²) in [6.07, 6.45) is 0. The van der Waals surface area contributed by atoms with Gasteiger partial charge in [-0.25, -0.2) is 0 Å². The molecule has 50 heavy (non-hydrogen) atoms. The van der Waals surface area contributed by atoms with E-state index in [1.807, 2.05) is 0 Å². The van der Waals surface area contributed by atoms with E-state index >= 15 is 0 Å². The van der Waals surface area contributed by atoms with Gasteiger partial charge in [-0.1, -0.05) is 160 Å². The molecule has 0 amide bonds. The van der Waals surface area contributed by atoms with Crippen LogP contribution in [0.25, 0.3) is 49.3 Å². The third-order valence-corrected chi connectivity index (χ3v) is 15.1. The second-order valence-corrected chi connectivity index (χ2v) is 18.6. The van der Waals surface area contributed by atoms with Gasteiger partial charge in [-0.2, -0.15) is 0 Å². The highest BCUT2D eigenvalue weighted by molar-refractivity contribution is 7.20. The standard InChI is InChI=1S/C47H40N2Si/c1-47(2,3)33-48-43-25-15-13-23-39(43)41-31-34(27-29-44(41)48)49-45-26-16-14-24-40(45)42-32-38(28-30-46(42)49)50(35-17-7-4-8-18-35,36-19-9-5-10-20-36)37-21-11-6-12-22-37/h4-32H,33H2,1-3H3. The molecule has 0 aliphatic rings. The van der Waals surface area contributed by atoms with Gasteiger partial charge in [0.05, 0.1) is 11.0 Å². The van der Waals surface area contributed by atoms with E-state index in [4.69, 9.17) is 0 Å². The largest absolute Gasteiger partial charge is 0.340 e. The normalized spacial score (nSPS) is 12.4. The molecule has 0 saturated heterocycles. The van der Waals surface area contributed by atoms with Crippen molar-refractivity contribution in [2.75, 3.05) is 0 Å². The van der Waals surface area contributed by atoms with Crippen molar-refractivity contribution in [3.8, 4) is 5.69 Å². The first-order chi connectivity index (χ1) is 24.4. The van der Waals surface area contributed by atoms with Crippen LogP contribution in [-0.2, 0) is 6.54 Å². The van der Waals surface area contributed by atoms with Crippen molar-refractivity contribution in [1.82, 2.24) is 9.13 Å². The third kappa shape index (κ3) is 4.76. The lowest BCUT2D eigenvalue weighted by Gasteiger charge is -2.34. The molecule has 0 bridgehead atoms. The van der Waals surface area contributed by atoms with Gasteiger partial charge < -0.3 is 9.13 Å². The fourth-order valence-electron chi connectivity index (χ4n) is 8.37. The first kappa shape index (κ1) is 30.4. The minimum absolute atomic E-state index is 0.162. The van der Waals surface area contributed by atoms with E-state index in [0.717, 1.165) is 6.54 Å². The second-order valence-electron chi connectivity index (χ2n) is 14.8. The lowest BCUT2D eigenvalue weighted by Crippen LogP contribution is -2.74. The molecule has 7 aromatic carbocycles. The second kappa shape index (κ2) is 11.8. The molecular formula is C47H40N2Si. The van der Waals surface area contributed by atoms with Gasteiger partial charge in [0, 0.05) is 44.8 Å². The minimum Gasteiger partial charge on any atom is -0.340 e. The number of hydrogen-bond acceptors (Lipinski definition) is 0. The molecule has 0 saturated carbocycles. The molecule has 0 N–H and O–H groups in total. The summed E-state index contributed by atoms with van der Waals surface area (Å²) < 4.78 is 4.98. The first-order valence-electron chi connectivity index (χ1n) is 17.7. The van der Waals surface area contributed by atoms with Gasteiger partial charge in [0.15, 0.2) is 8.07 Å². The van der Waals surface area contributed by atoms with Crippen LogP contribution in [0.5, 0.6) is 0 Å². The molecule has 0 unspecified atom stereocenters. The van der Waals surface area contributed by atoms with Crippen LogP contribution >= 0.6 is 0 Å².